The molecule has 0 saturated heterocycles. The Kier molecular flexibility index (Phi) is 4.77. The Balaban J connectivity index is 3.26. The Morgan fingerprint density at radius 2 is 1.32 bits per heavy atom. The first kappa shape index (κ1) is 16.2. The van der Waals surface area contributed by atoms with Crippen LogP contribution >= 0.6 is 0 Å². The third-order valence-electron chi connectivity index (χ3n) is 2.36. The highest BCUT2D eigenvalue weighted by Crippen LogP contribution is 2.24. The standard InChI is InChI=1S/C16H26O2Si/c1-8-19(17-15(2,3)4,18-16(5,6)7)14-12-10-9-11-13-14/h8-13H,1H2,2-7H3. The van der Waals surface area contributed by atoms with E-state index in [9.17, 15) is 0 Å². The lowest BCUT2D eigenvalue weighted by Gasteiger charge is -2.39. The van der Waals surface area contributed by atoms with Crippen molar-refractivity contribution in [2.45, 2.75) is 52.7 Å². The zero-order chi connectivity index (χ0) is 14.7. The van der Waals surface area contributed by atoms with Gasteiger partial charge in [-0.3, -0.25) is 0 Å². The summed E-state index contributed by atoms with van der Waals surface area (Å²) in [5, 5.41) is 1.09. The molecule has 0 atom stereocenters. The predicted molar refractivity (Wildman–Crippen MR) is 83.7 cm³/mol. The molecule has 0 saturated carbocycles. The monoisotopic (exact) mass is 278 g/mol. The van der Waals surface area contributed by atoms with Crippen LogP contribution in [0.15, 0.2) is 42.6 Å². The van der Waals surface area contributed by atoms with Crippen LogP contribution in [0, 0.1) is 0 Å². The highest BCUT2D eigenvalue weighted by molar-refractivity contribution is 6.85. The Morgan fingerprint density at radius 1 is 0.895 bits per heavy atom. The van der Waals surface area contributed by atoms with E-state index in [1.165, 1.54) is 0 Å². The second kappa shape index (κ2) is 5.61. The molecule has 0 unspecified atom stereocenters. The Bertz CT molecular complexity index is 397. The fraction of sp³-hybridized carbons (Fsp3) is 0.500. The molecule has 0 aliphatic heterocycles. The molecule has 0 aromatic heterocycles. The first-order chi connectivity index (χ1) is 8.58. The van der Waals surface area contributed by atoms with Crippen LogP contribution in [0.25, 0.3) is 0 Å². The van der Waals surface area contributed by atoms with Gasteiger partial charge in [-0.15, -0.1) is 6.58 Å². The van der Waals surface area contributed by atoms with E-state index in [1.54, 1.807) is 0 Å². The highest BCUT2D eigenvalue weighted by Gasteiger charge is 2.43. The van der Waals surface area contributed by atoms with Crippen LogP contribution in [0.2, 0.25) is 0 Å². The topological polar surface area (TPSA) is 18.5 Å². The molecular formula is C16H26O2Si. The van der Waals surface area contributed by atoms with Gasteiger partial charge in [0.2, 0.25) is 0 Å². The predicted octanol–water partition coefficient (Wildman–Crippen LogP) is 3.69. The van der Waals surface area contributed by atoms with Crippen LogP contribution in [0.4, 0.5) is 0 Å². The van der Waals surface area contributed by atoms with Gasteiger partial charge in [0.05, 0.1) is 11.2 Å². The summed E-state index contributed by atoms with van der Waals surface area (Å²) in [5.74, 6) is 0. The third-order valence-corrected chi connectivity index (χ3v) is 5.87. The zero-order valence-electron chi connectivity index (χ0n) is 13.0. The Morgan fingerprint density at radius 3 is 1.63 bits per heavy atom. The van der Waals surface area contributed by atoms with Gasteiger partial charge in [0, 0.05) is 0 Å². The fourth-order valence-electron chi connectivity index (χ4n) is 1.92. The summed E-state index contributed by atoms with van der Waals surface area (Å²) in [4.78, 5) is 0. The summed E-state index contributed by atoms with van der Waals surface area (Å²) in [5.41, 5.74) is 1.32. The lowest BCUT2D eigenvalue weighted by atomic mass is 10.2. The number of benzene rings is 1. The van der Waals surface area contributed by atoms with Gasteiger partial charge < -0.3 is 8.85 Å². The van der Waals surface area contributed by atoms with E-state index in [2.05, 4.69) is 18.7 Å². The summed E-state index contributed by atoms with van der Waals surface area (Å²) < 4.78 is 12.7. The van der Waals surface area contributed by atoms with Gasteiger partial charge in [0.1, 0.15) is 0 Å². The average Bonchev–Trinajstić information content (AvgIpc) is 2.25. The van der Waals surface area contributed by atoms with Crippen molar-refractivity contribution in [2.24, 2.45) is 0 Å². The maximum Gasteiger partial charge on any atom is 0.399 e. The highest BCUT2D eigenvalue weighted by atomic mass is 28.4. The van der Waals surface area contributed by atoms with E-state index >= 15 is 0 Å². The van der Waals surface area contributed by atoms with E-state index in [0.717, 1.165) is 5.19 Å². The number of rotatable bonds is 4. The van der Waals surface area contributed by atoms with Crippen LogP contribution in [0.3, 0.4) is 0 Å². The molecule has 0 spiro atoms. The largest absolute Gasteiger partial charge is 0.399 e. The number of hydrogen-bond donors (Lipinski definition) is 0. The van der Waals surface area contributed by atoms with E-state index in [-0.39, 0.29) is 11.2 Å². The molecule has 0 heterocycles. The summed E-state index contributed by atoms with van der Waals surface area (Å²) >= 11 is 0. The summed E-state index contributed by atoms with van der Waals surface area (Å²) in [6.45, 7) is 16.3. The van der Waals surface area contributed by atoms with Crippen molar-refractivity contribution in [3.63, 3.8) is 0 Å². The van der Waals surface area contributed by atoms with Gasteiger partial charge in [-0.1, -0.05) is 30.3 Å². The lowest BCUT2D eigenvalue weighted by Crippen LogP contribution is -2.59. The molecule has 2 nitrogen and oxygen atoms in total. The van der Waals surface area contributed by atoms with Gasteiger partial charge in [0.15, 0.2) is 0 Å². The maximum atomic E-state index is 6.34. The van der Waals surface area contributed by atoms with E-state index < -0.39 is 8.56 Å². The summed E-state index contributed by atoms with van der Waals surface area (Å²) in [7, 11) is -2.65. The van der Waals surface area contributed by atoms with Crippen molar-refractivity contribution in [3.8, 4) is 0 Å². The quantitative estimate of drug-likeness (QED) is 0.782. The minimum absolute atomic E-state index is 0.276. The van der Waals surface area contributed by atoms with Crippen LogP contribution in [-0.4, -0.2) is 19.8 Å². The van der Waals surface area contributed by atoms with E-state index in [0.29, 0.717) is 0 Å². The summed E-state index contributed by atoms with van der Waals surface area (Å²) in [6.07, 6.45) is 0. The normalized spacial score (nSPS) is 13.4. The molecule has 0 radical (unpaired) electrons. The minimum Gasteiger partial charge on any atom is -0.383 e. The second-order valence-corrected chi connectivity index (χ2v) is 9.40. The van der Waals surface area contributed by atoms with Crippen LogP contribution < -0.4 is 5.19 Å². The zero-order valence-corrected chi connectivity index (χ0v) is 14.0. The van der Waals surface area contributed by atoms with Crippen LogP contribution in [0.5, 0.6) is 0 Å². The van der Waals surface area contributed by atoms with Crippen LogP contribution in [-0.2, 0) is 8.85 Å². The summed E-state index contributed by atoms with van der Waals surface area (Å²) in [6, 6.07) is 10.1. The third kappa shape index (κ3) is 4.94. The maximum absolute atomic E-state index is 6.34. The SMILES string of the molecule is C=C[Si](OC(C)(C)C)(OC(C)(C)C)c1ccccc1. The molecule has 106 valence electrons. The van der Waals surface area contributed by atoms with Crippen molar-refractivity contribution in [3.05, 3.63) is 42.6 Å². The molecule has 0 aliphatic carbocycles. The fourth-order valence-corrected chi connectivity index (χ4v) is 5.08. The van der Waals surface area contributed by atoms with Gasteiger partial charge >= 0.3 is 8.56 Å². The molecule has 0 N–H and O–H groups in total. The van der Waals surface area contributed by atoms with Crippen molar-refractivity contribution >= 4 is 13.7 Å². The van der Waals surface area contributed by atoms with Crippen molar-refractivity contribution in [2.75, 3.05) is 0 Å². The Hall–Kier alpha value is -0.903. The Labute approximate surface area is 118 Å². The van der Waals surface area contributed by atoms with Gasteiger partial charge in [0.25, 0.3) is 0 Å². The molecule has 1 aromatic carbocycles. The molecule has 1 aromatic rings. The molecule has 0 fully saturated rings. The average molecular weight is 278 g/mol. The van der Waals surface area contributed by atoms with E-state index in [1.807, 2.05) is 65.4 Å². The molecule has 0 aliphatic rings. The van der Waals surface area contributed by atoms with Crippen molar-refractivity contribution < 1.29 is 8.85 Å². The first-order valence-corrected chi connectivity index (χ1v) is 8.57. The van der Waals surface area contributed by atoms with Gasteiger partial charge in [-0.2, -0.15) is 0 Å². The smallest absolute Gasteiger partial charge is 0.383 e. The van der Waals surface area contributed by atoms with Crippen molar-refractivity contribution in [1.29, 1.82) is 0 Å². The van der Waals surface area contributed by atoms with Crippen molar-refractivity contribution in [1.82, 2.24) is 0 Å². The number of hydrogen-bond acceptors (Lipinski definition) is 2. The molecule has 1 rings (SSSR count). The molecular weight excluding hydrogens is 252 g/mol. The van der Waals surface area contributed by atoms with E-state index in [4.69, 9.17) is 8.85 Å². The molecule has 0 bridgehead atoms. The lowest BCUT2D eigenvalue weighted by molar-refractivity contribution is 0.0288. The van der Waals surface area contributed by atoms with Gasteiger partial charge in [-0.25, -0.2) is 0 Å². The molecule has 0 amide bonds. The second-order valence-electron chi connectivity index (χ2n) is 6.67. The van der Waals surface area contributed by atoms with Crippen LogP contribution in [0.1, 0.15) is 41.5 Å². The first-order valence-electron chi connectivity index (χ1n) is 6.67. The van der Waals surface area contributed by atoms with Gasteiger partial charge in [-0.05, 0) is 52.4 Å². The molecule has 3 heteroatoms. The molecule has 19 heavy (non-hydrogen) atoms. The minimum atomic E-state index is -2.65.